The fourth-order valence-electron chi connectivity index (χ4n) is 5.33. The molecule has 4 fully saturated rings. The second-order valence-corrected chi connectivity index (χ2v) is 8.63. The molecule has 3 saturated heterocycles. The van der Waals surface area contributed by atoms with E-state index in [9.17, 15) is 14.4 Å². The first-order valence-corrected chi connectivity index (χ1v) is 10.2. The summed E-state index contributed by atoms with van der Waals surface area (Å²) in [6, 6.07) is 0.724. The molecule has 0 radical (unpaired) electrons. The first-order valence-electron chi connectivity index (χ1n) is 10.2. The third-order valence-corrected chi connectivity index (χ3v) is 6.92. The second-order valence-electron chi connectivity index (χ2n) is 8.63. The van der Waals surface area contributed by atoms with Crippen molar-refractivity contribution in [1.82, 2.24) is 20.9 Å². The number of hydrogen-bond acceptors (Lipinski definition) is 4. The molecule has 1 spiro atoms. The van der Waals surface area contributed by atoms with Gasteiger partial charge in [0.25, 0.3) is 5.91 Å². The molecule has 152 valence electrons. The van der Waals surface area contributed by atoms with Crippen molar-refractivity contribution in [3.05, 3.63) is 0 Å². The molecule has 0 aromatic heterocycles. The van der Waals surface area contributed by atoms with E-state index in [4.69, 9.17) is 0 Å². The van der Waals surface area contributed by atoms with E-state index < -0.39 is 11.6 Å². The average molecular weight is 399 g/mol. The standard InChI is InChI=1S/C19H30N4O3.ClH/c1-2-12-5-7-19(8-6-12)17(25)23(18(26)22-19)11-16(24)21-15-9-13-3-4-14(10-15)20-13;/h12-15,20H,2-11H2,1H3,(H,21,24)(H,22,26);1H. The first-order chi connectivity index (χ1) is 12.5. The molecule has 3 N–H and O–H groups in total. The molecule has 4 rings (SSSR count). The summed E-state index contributed by atoms with van der Waals surface area (Å²) in [6.45, 7) is 2.00. The SMILES string of the molecule is CCC1CCC2(CC1)NC(=O)N(CC(=O)NC1CC3CCC(C1)N3)C2=O.Cl. The molecule has 0 aromatic rings. The third-order valence-electron chi connectivity index (χ3n) is 6.92. The Labute approximate surface area is 166 Å². The molecular weight excluding hydrogens is 368 g/mol. The summed E-state index contributed by atoms with van der Waals surface area (Å²) in [5, 5.41) is 9.48. The molecule has 1 saturated carbocycles. The van der Waals surface area contributed by atoms with Gasteiger partial charge >= 0.3 is 6.03 Å². The molecule has 8 heteroatoms. The Balaban J connectivity index is 0.00000210. The van der Waals surface area contributed by atoms with Gasteiger partial charge in [0, 0.05) is 18.1 Å². The van der Waals surface area contributed by atoms with Gasteiger partial charge in [-0.2, -0.15) is 0 Å². The number of urea groups is 1. The van der Waals surface area contributed by atoms with Gasteiger partial charge in [-0.05, 0) is 57.3 Å². The molecule has 4 aliphatic rings. The van der Waals surface area contributed by atoms with Gasteiger partial charge in [0.2, 0.25) is 5.91 Å². The van der Waals surface area contributed by atoms with Gasteiger partial charge < -0.3 is 16.0 Å². The van der Waals surface area contributed by atoms with E-state index >= 15 is 0 Å². The summed E-state index contributed by atoms with van der Waals surface area (Å²) >= 11 is 0. The highest BCUT2D eigenvalue weighted by molar-refractivity contribution is 6.09. The maximum Gasteiger partial charge on any atom is 0.325 e. The van der Waals surface area contributed by atoms with E-state index in [2.05, 4.69) is 22.9 Å². The third kappa shape index (κ3) is 3.94. The van der Waals surface area contributed by atoms with Gasteiger partial charge in [-0.1, -0.05) is 13.3 Å². The lowest BCUT2D eigenvalue weighted by Crippen LogP contribution is -2.51. The number of fused-ring (bicyclic) bond motifs is 2. The largest absolute Gasteiger partial charge is 0.352 e. The highest BCUT2D eigenvalue weighted by atomic mass is 35.5. The van der Waals surface area contributed by atoms with Crippen LogP contribution in [0.1, 0.15) is 64.7 Å². The quantitative estimate of drug-likeness (QED) is 0.628. The minimum absolute atomic E-state index is 0. The summed E-state index contributed by atoms with van der Waals surface area (Å²) in [4.78, 5) is 38.8. The molecule has 2 unspecified atom stereocenters. The number of rotatable bonds is 4. The zero-order valence-corrected chi connectivity index (χ0v) is 16.8. The van der Waals surface area contributed by atoms with Gasteiger partial charge in [0.15, 0.2) is 0 Å². The van der Waals surface area contributed by atoms with Crippen LogP contribution in [0.5, 0.6) is 0 Å². The van der Waals surface area contributed by atoms with E-state index in [1.165, 1.54) is 12.8 Å². The van der Waals surface area contributed by atoms with Crippen LogP contribution in [0.4, 0.5) is 4.79 Å². The predicted molar refractivity (Wildman–Crippen MR) is 104 cm³/mol. The molecule has 3 heterocycles. The predicted octanol–water partition coefficient (Wildman–Crippen LogP) is 1.70. The van der Waals surface area contributed by atoms with Crippen LogP contribution in [-0.2, 0) is 9.59 Å². The van der Waals surface area contributed by atoms with Crippen LogP contribution in [0.3, 0.4) is 0 Å². The summed E-state index contributed by atoms with van der Waals surface area (Å²) in [7, 11) is 0. The van der Waals surface area contributed by atoms with Crippen LogP contribution < -0.4 is 16.0 Å². The number of nitrogens with one attached hydrogen (secondary N) is 3. The van der Waals surface area contributed by atoms with Crippen LogP contribution in [0.25, 0.3) is 0 Å². The highest BCUT2D eigenvalue weighted by Gasteiger charge is 2.52. The van der Waals surface area contributed by atoms with Crippen LogP contribution >= 0.6 is 12.4 Å². The van der Waals surface area contributed by atoms with Gasteiger partial charge in [-0.15, -0.1) is 12.4 Å². The Kier molecular flexibility index (Phi) is 6.01. The number of amides is 4. The molecular formula is C19H31ClN4O3. The number of halogens is 1. The Morgan fingerprint density at radius 3 is 2.37 bits per heavy atom. The minimum Gasteiger partial charge on any atom is -0.352 e. The minimum atomic E-state index is -0.767. The van der Waals surface area contributed by atoms with E-state index in [-0.39, 0.29) is 36.8 Å². The summed E-state index contributed by atoms with van der Waals surface area (Å²) in [5.74, 6) is 0.203. The highest BCUT2D eigenvalue weighted by Crippen LogP contribution is 2.37. The van der Waals surface area contributed by atoms with Crippen molar-refractivity contribution in [2.45, 2.75) is 88.4 Å². The molecule has 3 aliphatic heterocycles. The van der Waals surface area contributed by atoms with Crippen LogP contribution in [-0.4, -0.2) is 53.0 Å². The summed E-state index contributed by atoms with van der Waals surface area (Å²) in [5.41, 5.74) is -0.767. The average Bonchev–Trinajstić information content (AvgIpc) is 3.07. The van der Waals surface area contributed by atoms with Crippen molar-refractivity contribution in [2.75, 3.05) is 6.54 Å². The zero-order valence-electron chi connectivity index (χ0n) is 16.0. The van der Waals surface area contributed by atoms with Crippen LogP contribution in [0.15, 0.2) is 0 Å². The van der Waals surface area contributed by atoms with Crippen molar-refractivity contribution in [3.63, 3.8) is 0 Å². The second kappa shape index (κ2) is 7.95. The number of carbonyl (C=O) groups excluding carboxylic acids is 3. The summed E-state index contributed by atoms with van der Waals surface area (Å²) in [6.07, 6.45) is 8.62. The van der Waals surface area contributed by atoms with Crippen LogP contribution in [0, 0.1) is 5.92 Å². The lowest BCUT2D eigenvalue weighted by molar-refractivity contribution is -0.136. The van der Waals surface area contributed by atoms with Crippen molar-refractivity contribution in [1.29, 1.82) is 0 Å². The molecule has 1 aliphatic carbocycles. The maximum atomic E-state index is 12.9. The fourth-order valence-corrected chi connectivity index (χ4v) is 5.33. The Bertz CT molecular complexity index is 594. The smallest absolute Gasteiger partial charge is 0.325 e. The monoisotopic (exact) mass is 398 g/mol. The molecule has 7 nitrogen and oxygen atoms in total. The zero-order chi connectivity index (χ0) is 18.3. The number of hydrogen-bond donors (Lipinski definition) is 3. The van der Waals surface area contributed by atoms with Crippen molar-refractivity contribution in [2.24, 2.45) is 5.92 Å². The first kappa shape index (κ1) is 20.4. The Hall–Kier alpha value is -1.34. The molecule has 27 heavy (non-hydrogen) atoms. The summed E-state index contributed by atoms with van der Waals surface area (Å²) < 4.78 is 0. The van der Waals surface area contributed by atoms with Gasteiger partial charge in [0.1, 0.15) is 12.1 Å². The number of imide groups is 1. The van der Waals surface area contributed by atoms with Gasteiger partial charge in [-0.3, -0.25) is 14.5 Å². The van der Waals surface area contributed by atoms with E-state index in [0.717, 1.165) is 37.0 Å². The molecule has 2 bridgehead atoms. The normalized spacial score (nSPS) is 37.9. The fraction of sp³-hybridized carbons (Fsp3) is 0.842. The lowest BCUT2D eigenvalue weighted by Gasteiger charge is -2.34. The Morgan fingerprint density at radius 1 is 1.15 bits per heavy atom. The molecule has 0 aromatic carbocycles. The van der Waals surface area contributed by atoms with E-state index in [1.807, 2.05) is 0 Å². The molecule has 2 atom stereocenters. The van der Waals surface area contributed by atoms with E-state index in [0.29, 0.717) is 30.8 Å². The van der Waals surface area contributed by atoms with E-state index in [1.54, 1.807) is 0 Å². The number of nitrogens with zero attached hydrogens (tertiary/aromatic N) is 1. The topological polar surface area (TPSA) is 90.5 Å². The number of carbonyl (C=O) groups is 3. The van der Waals surface area contributed by atoms with Crippen molar-refractivity contribution in [3.8, 4) is 0 Å². The molecule has 4 amide bonds. The van der Waals surface area contributed by atoms with Crippen LogP contribution in [0.2, 0.25) is 0 Å². The number of piperidine rings is 1. The van der Waals surface area contributed by atoms with Gasteiger partial charge in [-0.25, -0.2) is 4.79 Å². The van der Waals surface area contributed by atoms with Crippen molar-refractivity contribution >= 4 is 30.3 Å². The maximum absolute atomic E-state index is 12.9. The van der Waals surface area contributed by atoms with Crippen molar-refractivity contribution < 1.29 is 14.4 Å². The van der Waals surface area contributed by atoms with Gasteiger partial charge in [0.05, 0.1) is 0 Å². The lowest BCUT2D eigenvalue weighted by atomic mass is 9.75. The Morgan fingerprint density at radius 2 is 1.78 bits per heavy atom.